The van der Waals surface area contributed by atoms with Crippen molar-refractivity contribution in [1.29, 1.82) is 0 Å². The molecule has 0 unspecified atom stereocenters. The minimum atomic E-state index is -0.0765. The Labute approximate surface area is 122 Å². The van der Waals surface area contributed by atoms with E-state index in [0.29, 0.717) is 17.0 Å². The number of para-hydroxylation sites is 1. The molecule has 2 aromatic carbocycles. The van der Waals surface area contributed by atoms with E-state index in [4.69, 9.17) is 10.5 Å². The summed E-state index contributed by atoms with van der Waals surface area (Å²) in [6, 6.07) is 13.2. The summed E-state index contributed by atoms with van der Waals surface area (Å²) in [6.07, 6.45) is 1.72. The molecule has 0 amide bonds. The van der Waals surface area contributed by atoms with Gasteiger partial charge in [0.15, 0.2) is 6.61 Å². The predicted octanol–water partition coefficient (Wildman–Crippen LogP) is 3.32. The lowest BCUT2D eigenvalue weighted by Gasteiger charge is -2.08. The molecule has 0 atom stereocenters. The van der Waals surface area contributed by atoms with Gasteiger partial charge in [0.1, 0.15) is 5.75 Å². The van der Waals surface area contributed by atoms with E-state index in [-0.39, 0.29) is 12.4 Å². The number of aromatic amines is 1. The van der Waals surface area contributed by atoms with E-state index in [9.17, 15) is 4.79 Å². The average Bonchev–Trinajstić information content (AvgIpc) is 2.90. The normalized spacial score (nSPS) is 10.7. The number of rotatable bonds is 4. The zero-order chi connectivity index (χ0) is 14.8. The lowest BCUT2D eigenvalue weighted by atomic mass is 10.1. The van der Waals surface area contributed by atoms with E-state index < -0.39 is 0 Å². The summed E-state index contributed by atoms with van der Waals surface area (Å²) in [5.74, 6) is 0.459. The number of fused-ring (bicyclic) bond motifs is 1. The van der Waals surface area contributed by atoms with E-state index in [1.165, 1.54) is 0 Å². The number of benzene rings is 2. The molecule has 0 aliphatic heterocycles. The Kier molecular flexibility index (Phi) is 3.36. The van der Waals surface area contributed by atoms with E-state index >= 15 is 0 Å². The zero-order valence-corrected chi connectivity index (χ0v) is 11.7. The molecule has 0 saturated heterocycles. The topological polar surface area (TPSA) is 68.1 Å². The standard InChI is InChI=1S/C17H16N2O2/c1-11-6-7-17(14(18)8-11)21-10-16(20)13-9-19-15-5-3-2-4-12(13)15/h2-9,19H,10,18H2,1H3. The lowest BCUT2D eigenvalue weighted by Crippen LogP contribution is -2.12. The number of carbonyl (C=O) groups excluding carboxylic acids is 1. The Hall–Kier alpha value is -2.75. The fourth-order valence-electron chi connectivity index (χ4n) is 2.32. The lowest BCUT2D eigenvalue weighted by molar-refractivity contribution is 0.0924. The number of nitrogens with two attached hydrogens (primary N) is 1. The van der Waals surface area contributed by atoms with Crippen molar-refractivity contribution in [3.05, 3.63) is 59.8 Å². The number of anilines is 1. The van der Waals surface area contributed by atoms with Crippen LogP contribution in [-0.4, -0.2) is 17.4 Å². The summed E-state index contributed by atoms with van der Waals surface area (Å²) in [7, 11) is 0. The van der Waals surface area contributed by atoms with Gasteiger partial charge in [-0.25, -0.2) is 0 Å². The van der Waals surface area contributed by atoms with Gasteiger partial charge < -0.3 is 15.5 Å². The van der Waals surface area contributed by atoms with Gasteiger partial charge in [-0.2, -0.15) is 0 Å². The Balaban J connectivity index is 1.77. The third kappa shape index (κ3) is 2.60. The van der Waals surface area contributed by atoms with Gasteiger partial charge in [-0.15, -0.1) is 0 Å². The van der Waals surface area contributed by atoms with Crippen LogP contribution >= 0.6 is 0 Å². The molecule has 0 aliphatic carbocycles. The summed E-state index contributed by atoms with van der Waals surface area (Å²) in [5.41, 5.74) is 9.05. The van der Waals surface area contributed by atoms with Crippen molar-refractivity contribution in [1.82, 2.24) is 4.98 Å². The van der Waals surface area contributed by atoms with Gasteiger partial charge >= 0.3 is 0 Å². The highest BCUT2D eigenvalue weighted by Gasteiger charge is 2.13. The van der Waals surface area contributed by atoms with Gasteiger partial charge in [-0.05, 0) is 30.7 Å². The molecule has 21 heavy (non-hydrogen) atoms. The number of aryl methyl sites for hydroxylation is 1. The fraction of sp³-hybridized carbons (Fsp3) is 0.118. The second-order valence-corrected chi connectivity index (χ2v) is 5.00. The highest BCUT2D eigenvalue weighted by Crippen LogP contribution is 2.23. The first kappa shape index (κ1) is 13.2. The zero-order valence-electron chi connectivity index (χ0n) is 11.7. The number of nitrogens with one attached hydrogen (secondary N) is 1. The first-order valence-electron chi connectivity index (χ1n) is 6.73. The summed E-state index contributed by atoms with van der Waals surface area (Å²) >= 11 is 0. The van der Waals surface area contributed by atoms with Crippen molar-refractivity contribution < 1.29 is 9.53 Å². The van der Waals surface area contributed by atoms with E-state index in [2.05, 4.69) is 4.98 Å². The summed E-state index contributed by atoms with van der Waals surface area (Å²) in [5, 5.41) is 0.906. The fourth-order valence-corrected chi connectivity index (χ4v) is 2.32. The number of H-pyrrole nitrogens is 1. The summed E-state index contributed by atoms with van der Waals surface area (Å²) < 4.78 is 5.54. The molecular weight excluding hydrogens is 264 g/mol. The maximum Gasteiger partial charge on any atom is 0.202 e. The van der Waals surface area contributed by atoms with Crippen LogP contribution in [0.25, 0.3) is 10.9 Å². The summed E-state index contributed by atoms with van der Waals surface area (Å²) in [6.45, 7) is 1.92. The second kappa shape index (κ2) is 5.32. The van der Waals surface area contributed by atoms with Crippen molar-refractivity contribution in [3.8, 4) is 5.75 Å². The number of aromatic nitrogens is 1. The molecule has 0 bridgehead atoms. The number of hydrogen-bond acceptors (Lipinski definition) is 3. The SMILES string of the molecule is Cc1ccc(OCC(=O)c2c[nH]c3ccccc23)c(N)c1. The third-order valence-electron chi connectivity index (χ3n) is 3.41. The second-order valence-electron chi connectivity index (χ2n) is 5.00. The van der Waals surface area contributed by atoms with Crippen LogP contribution in [0.4, 0.5) is 5.69 Å². The molecule has 3 aromatic rings. The van der Waals surface area contributed by atoms with Crippen LogP contribution in [0.5, 0.6) is 5.75 Å². The van der Waals surface area contributed by atoms with Crippen LogP contribution in [0.2, 0.25) is 0 Å². The van der Waals surface area contributed by atoms with Gasteiger partial charge in [0.05, 0.1) is 5.69 Å². The monoisotopic (exact) mass is 280 g/mol. The van der Waals surface area contributed by atoms with Gasteiger partial charge in [-0.1, -0.05) is 24.3 Å². The van der Waals surface area contributed by atoms with Crippen LogP contribution in [0.1, 0.15) is 15.9 Å². The molecule has 4 heteroatoms. The van der Waals surface area contributed by atoms with Crippen molar-refractivity contribution >= 4 is 22.4 Å². The Morgan fingerprint density at radius 2 is 2.05 bits per heavy atom. The first-order valence-corrected chi connectivity index (χ1v) is 6.73. The van der Waals surface area contributed by atoms with Gasteiger partial charge in [0.2, 0.25) is 5.78 Å². The van der Waals surface area contributed by atoms with Crippen LogP contribution < -0.4 is 10.5 Å². The van der Waals surface area contributed by atoms with Crippen LogP contribution in [-0.2, 0) is 0 Å². The van der Waals surface area contributed by atoms with Crippen LogP contribution in [0.3, 0.4) is 0 Å². The van der Waals surface area contributed by atoms with Gasteiger partial charge in [-0.3, -0.25) is 4.79 Å². The number of Topliss-reactive ketones (excluding diaryl/α,β-unsaturated/α-hetero) is 1. The highest BCUT2D eigenvalue weighted by molar-refractivity contribution is 6.08. The van der Waals surface area contributed by atoms with E-state index in [1.54, 1.807) is 12.3 Å². The molecule has 4 nitrogen and oxygen atoms in total. The Morgan fingerprint density at radius 3 is 2.86 bits per heavy atom. The molecule has 106 valence electrons. The number of ether oxygens (including phenoxy) is 1. The van der Waals surface area contributed by atoms with Crippen molar-refractivity contribution in [3.63, 3.8) is 0 Å². The molecule has 1 aromatic heterocycles. The van der Waals surface area contributed by atoms with Gasteiger partial charge in [0, 0.05) is 22.7 Å². The molecule has 0 spiro atoms. The largest absolute Gasteiger partial charge is 0.483 e. The van der Waals surface area contributed by atoms with E-state index in [1.807, 2.05) is 43.3 Å². The highest BCUT2D eigenvalue weighted by atomic mass is 16.5. The smallest absolute Gasteiger partial charge is 0.202 e. The average molecular weight is 280 g/mol. The summed E-state index contributed by atoms with van der Waals surface area (Å²) in [4.78, 5) is 15.4. The molecule has 0 saturated carbocycles. The number of nitrogen functional groups attached to an aromatic ring is 1. The van der Waals surface area contributed by atoms with Crippen LogP contribution in [0, 0.1) is 6.92 Å². The molecule has 0 aliphatic rings. The maximum atomic E-state index is 12.3. The predicted molar refractivity (Wildman–Crippen MR) is 83.7 cm³/mol. The third-order valence-corrected chi connectivity index (χ3v) is 3.41. The van der Waals surface area contributed by atoms with Crippen molar-refractivity contribution in [2.45, 2.75) is 6.92 Å². The molecule has 0 radical (unpaired) electrons. The number of ketones is 1. The Morgan fingerprint density at radius 1 is 1.24 bits per heavy atom. The molecule has 3 rings (SSSR count). The minimum Gasteiger partial charge on any atom is -0.483 e. The molecule has 1 heterocycles. The first-order chi connectivity index (χ1) is 10.1. The van der Waals surface area contributed by atoms with Crippen LogP contribution in [0.15, 0.2) is 48.7 Å². The minimum absolute atomic E-state index is 0.0326. The molecular formula is C17H16N2O2. The number of hydrogen-bond donors (Lipinski definition) is 2. The number of carbonyl (C=O) groups is 1. The van der Waals surface area contributed by atoms with Gasteiger partial charge in [0.25, 0.3) is 0 Å². The molecule has 0 fully saturated rings. The molecule has 3 N–H and O–H groups in total. The van der Waals surface area contributed by atoms with E-state index in [0.717, 1.165) is 16.5 Å². The quantitative estimate of drug-likeness (QED) is 0.569. The van der Waals surface area contributed by atoms with Crippen molar-refractivity contribution in [2.24, 2.45) is 0 Å². The van der Waals surface area contributed by atoms with Crippen molar-refractivity contribution in [2.75, 3.05) is 12.3 Å². The Bertz CT molecular complexity index is 805. The maximum absolute atomic E-state index is 12.3.